The first-order valence-electron chi connectivity index (χ1n) is 8.72. The maximum Gasteiger partial charge on any atom is 0.338 e. The number of aromatic nitrogens is 2. The van der Waals surface area contributed by atoms with Crippen LogP contribution >= 0.6 is 0 Å². The van der Waals surface area contributed by atoms with E-state index in [-0.39, 0.29) is 29.0 Å². The third-order valence-electron chi connectivity index (χ3n) is 4.66. The average Bonchev–Trinajstić information content (AvgIpc) is 3.38. The lowest BCUT2D eigenvalue weighted by molar-refractivity contribution is 0.0661. The molecule has 0 radical (unpaired) electrons. The lowest BCUT2D eigenvalue weighted by atomic mass is 9.97. The lowest BCUT2D eigenvalue weighted by Gasteiger charge is -2.30. The maximum atomic E-state index is 13.1. The summed E-state index contributed by atoms with van der Waals surface area (Å²) in [5.41, 5.74) is 0.565. The lowest BCUT2D eigenvalue weighted by Crippen LogP contribution is -2.39. The number of carboxylic acids is 1. The Balaban J connectivity index is 1.48. The van der Waals surface area contributed by atoms with Crippen LogP contribution in [-0.2, 0) is 0 Å². The Morgan fingerprint density at radius 2 is 2.04 bits per heavy atom. The van der Waals surface area contributed by atoms with E-state index in [0.29, 0.717) is 30.4 Å². The number of benzene rings is 1. The van der Waals surface area contributed by atoms with Gasteiger partial charge in [0.25, 0.3) is 5.91 Å². The molecule has 1 saturated heterocycles. The number of likely N-dealkylation sites (tertiary alicyclic amines) is 1. The van der Waals surface area contributed by atoms with Crippen molar-refractivity contribution in [2.75, 3.05) is 13.1 Å². The maximum absolute atomic E-state index is 13.1. The van der Waals surface area contributed by atoms with Crippen LogP contribution in [0.3, 0.4) is 0 Å². The van der Waals surface area contributed by atoms with Crippen molar-refractivity contribution in [1.82, 2.24) is 15.0 Å². The number of hydrogen-bond acceptors (Lipinski definition) is 6. The summed E-state index contributed by atoms with van der Waals surface area (Å²) >= 11 is 0. The van der Waals surface area contributed by atoms with Gasteiger partial charge in [0.2, 0.25) is 11.7 Å². The molecule has 1 unspecified atom stereocenters. The Labute approximate surface area is 158 Å². The second-order valence-electron chi connectivity index (χ2n) is 6.56. The molecule has 2 aromatic heterocycles. The molecule has 1 aliphatic rings. The van der Waals surface area contributed by atoms with Gasteiger partial charge in [-0.15, -0.1) is 0 Å². The van der Waals surface area contributed by atoms with Crippen molar-refractivity contribution in [2.45, 2.75) is 18.8 Å². The molecule has 8 nitrogen and oxygen atoms in total. The second kappa shape index (κ2) is 7.26. The van der Waals surface area contributed by atoms with Crippen LogP contribution in [0.2, 0.25) is 0 Å². The highest BCUT2D eigenvalue weighted by Gasteiger charge is 2.30. The van der Waals surface area contributed by atoms with Gasteiger partial charge in [-0.1, -0.05) is 5.16 Å². The average molecular weight is 385 g/mol. The zero-order valence-electron chi connectivity index (χ0n) is 14.7. The van der Waals surface area contributed by atoms with E-state index in [4.69, 9.17) is 14.0 Å². The molecule has 9 heteroatoms. The normalized spacial score (nSPS) is 16.9. The molecule has 1 fully saturated rings. The number of aromatic carboxylic acids is 1. The Bertz CT molecular complexity index is 1010. The number of amides is 1. The van der Waals surface area contributed by atoms with E-state index in [9.17, 15) is 14.0 Å². The van der Waals surface area contributed by atoms with E-state index in [1.165, 1.54) is 18.2 Å². The third kappa shape index (κ3) is 3.51. The first-order valence-corrected chi connectivity index (χ1v) is 8.72. The number of furan rings is 1. The summed E-state index contributed by atoms with van der Waals surface area (Å²) in [6.45, 7) is 0.879. The molecule has 3 aromatic rings. The van der Waals surface area contributed by atoms with Crippen molar-refractivity contribution in [3.8, 4) is 11.4 Å². The predicted octanol–water partition coefficient (Wildman–Crippen LogP) is 3.19. The van der Waals surface area contributed by atoms with Gasteiger partial charge in [-0.25, -0.2) is 9.18 Å². The zero-order chi connectivity index (χ0) is 19.7. The smallest absolute Gasteiger partial charge is 0.338 e. The van der Waals surface area contributed by atoms with Crippen molar-refractivity contribution >= 4 is 11.9 Å². The van der Waals surface area contributed by atoms with Gasteiger partial charge in [-0.3, -0.25) is 4.79 Å². The van der Waals surface area contributed by atoms with Crippen LogP contribution in [0.1, 0.15) is 45.6 Å². The standard InChI is InChI=1S/C19H16FN3O5/c20-14-5-3-11(4-6-14)16-21-17(28-22-16)12-2-1-7-23(9-12)18(24)15-8-13(10-27-15)19(25)26/h3-6,8,10,12H,1-2,7,9H2,(H,25,26). The highest BCUT2D eigenvalue weighted by atomic mass is 19.1. The molecule has 144 valence electrons. The fraction of sp³-hybridized carbons (Fsp3) is 0.263. The minimum atomic E-state index is -1.15. The summed E-state index contributed by atoms with van der Waals surface area (Å²) in [5, 5.41) is 12.9. The van der Waals surface area contributed by atoms with Crippen LogP contribution in [0.5, 0.6) is 0 Å². The molecule has 0 saturated carbocycles. The number of carbonyl (C=O) groups is 2. The van der Waals surface area contributed by atoms with Gasteiger partial charge in [0.15, 0.2) is 5.76 Å². The number of piperidine rings is 1. The highest BCUT2D eigenvalue weighted by Crippen LogP contribution is 2.28. The molecule has 1 aliphatic heterocycles. The van der Waals surface area contributed by atoms with Crippen molar-refractivity contribution in [2.24, 2.45) is 0 Å². The molecule has 28 heavy (non-hydrogen) atoms. The molecule has 1 amide bonds. The minimum Gasteiger partial charge on any atom is -0.478 e. The monoisotopic (exact) mass is 385 g/mol. The van der Waals surface area contributed by atoms with Crippen LogP contribution in [0.25, 0.3) is 11.4 Å². The number of nitrogens with zero attached hydrogens (tertiary/aromatic N) is 3. The predicted molar refractivity (Wildman–Crippen MR) is 93.2 cm³/mol. The van der Waals surface area contributed by atoms with Gasteiger partial charge in [0, 0.05) is 24.7 Å². The molecule has 0 aliphatic carbocycles. The fourth-order valence-corrected chi connectivity index (χ4v) is 3.20. The first-order chi connectivity index (χ1) is 13.5. The van der Waals surface area contributed by atoms with Crippen LogP contribution in [0.4, 0.5) is 4.39 Å². The van der Waals surface area contributed by atoms with Gasteiger partial charge in [0.05, 0.1) is 11.5 Å². The Kier molecular flexibility index (Phi) is 4.64. The Morgan fingerprint density at radius 1 is 1.25 bits per heavy atom. The van der Waals surface area contributed by atoms with E-state index in [0.717, 1.165) is 19.1 Å². The zero-order valence-corrected chi connectivity index (χ0v) is 14.7. The second-order valence-corrected chi connectivity index (χ2v) is 6.56. The molecular weight excluding hydrogens is 369 g/mol. The summed E-state index contributed by atoms with van der Waals surface area (Å²) in [6.07, 6.45) is 2.55. The SMILES string of the molecule is O=C(O)c1coc(C(=O)N2CCCC(c3nc(-c4ccc(F)cc4)no3)C2)c1. The fourth-order valence-electron chi connectivity index (χ4n) is 3.20. The third-order valence-corrected chi connectivity index (χ3v) is 4.66. The topological polar surface area (TPSA) is 110 Å². The van der Waals surface area contributed by atoms with Gasteiger partial charge in [-0.05, 0) is 37.1 Å². The minimum absolute atomic E-state index is 0.0180. The molecule has 0 bridgehead atoms. The van der Waals surface area contributed by atoms with Crippen molar-refractivity contribution < 1.29 is 28.0 Å². The Morgan fingerprint density at radius 3 is 2.75 bits per heavy atom. The summed E-state index contributed by atoms with van der Waals surface area (Å²) in [5.74, 6) is -1.28. The summed E-state index contributed by atoms with van der Waals surface area (Å²) in [6, 6.07) is 6.99. The van der Waals surface area contributed by atoms with Gasteiger partial charge >= 0.3 is 5.97 Å². The van der Waals surface area contributed by atoms with E-state index < -0.39 is 5.97 Å². The number of carboxylic acid groups (broad SMARTS) is 1. The quantitative estimate of drug-likeness (QED) is 0.734. The van der Waals surface area contributed by atoms with Crippen LogP contribution < -0.4 is 0 Å². The summed E-state index contributed by atoms with van der Waals surface area (Å²) in [4.78, 5) is 29.5. The molecule has 4 rings (SSSR count). The van der Waals surface area contributed by atoms with Crippen molar-refractivity contribution in [3.63, 3.8) is 0 Å². The molecule has 1 N–H and O–H groups in total. The van der Waals surface area contributed by atoms with E-state index in [1.807, 2.05) is 0 Å². The van der Waals surface area contributed by atoms with E-state index in [1.54, 1.807) is 17.0 Å². The van der Waals surface area contributed by atoms with Crippen molar-refractivity contribution in [1.29, 1.82) is 0 Å². The molecule has 1 atom stereocenters. The molecule has 1 aromatic carbocycles. The molecule has 3 heterocycles. The van der Waals surface area contributed by atoms with E-state index >= 15 is 0 Å². The molecule has 0 spiro atoms. The van der Waals surface area contributed by atoms with E-state index in [2.05, 4.69) is 10.1 Å². The van der Waals surface area contributed by atoms with Gasteiger partial charge in [-0.2, -0.15) is 4.98 Å². The van der Waals surface area contributed by atoms with Crippen LogP contribution in [0.15, 0.2) is 45.5 Å². The number of hydrogen-bond donors (Lipinski definition) is 1. The van der Waals surface area contributed by atoms with Crippen molar-refractivity contribution in [3.05, 3.63) is 59.6 Å². The Hall–Kier alpha value is -3.49. The number of carbonyl (C=O) groups excluding carboxylic acids is 1. The molecular formula is C19H16FN3O5. The van der Waals surface area contributed by atoms with Gasteiger partial charge < -0.3 is 18.9 Å². The number of rotatable bonds is 4. The summed E-state index contributed by atoms with van der Waals surface area (Å²) in [7, 11) is 0. The van der Waals surface area contributed by atoms with Crippen LogP contribution in [-0.4, -0.2) is 45.1 Å². The largest absolute Gasteiger partial charge is 0.478 e. The first kappa shape index (κ1) is 17.9. The highest BCUT2D eigenvalue weighted by molar-refractivity contribution is 5.95. The number of halogens is 1. The summed E-state index contributed by atoms with van der Waals surface area (Å²) < 4.78 is 23.5. The van der Waals surface area contributed by atoms with Gasteiger partial charge in [0.1, 0.15) is 12.1 Å². The van der Waals surface area contributed by atoms with Crippen LogP contribution in [0, 0.1) is 5.82 Å².